The van der Waals surface area contributed by atoms with Gasteiger partial charge in [-0.15, -0.1) is 0 Å². The quantitative estimate of drug-likeness (QED) is 0.703. The van der Waals surface area contributed by atoms with Crippen LogP contribution in [0.3, 0.4) is 0 Å². The third-order valence-corrected chi connectivity index (χ3v) is 2.17. The van der Waals surface area contributed by atoms with Crippen LogP contribution in [0, 0.1) is 6.92 Å². The van der Waals surface area contributed by atoms with Gasteiger partial charge in [0.15, 0.2) is 0 Å². The van der Waals surface area contributed by atoms with Crippen LogP contribution in [-0.4, -0.2) is 14.9 Å². The fourth-order valence-electron chi connectivity index (χ4n) is 1.13. The van der Waals surface area contributed by atoms with E-state index in [9.17, 15) is 0 Å². The summed E-state index contributed by atoms with van der Waals surface area (Å²) < 4.78 is 6.54. The summed E-state index contributed by atoms with van der Waals surface area (Å²) in [4.78, 5) is 0. The molecule has 0 atom stereocenters. The van der Waals surface area contributed by atoms with Crippen LogP contribution in [0.1, 0.15) is 5.69 Å². The summed E-state index contributed by atoms with van der Waals surface area (Å²) in [5.74, 6) is 0. The molecular weight excluding hydrogens is 190 g/mol. The van der Waals surface area contributed by atoms with Gasteiger partial charge in [0, 0.05) is 24.4 Å². The van der Waals surface area contributed by atoms with Gasteiger partial charge in [0.2, 0.25) is 5.22 Å². The first-order valence-corrected chi connectivity index (χ1v) is 4.17. The molecule has 0 aliphatic carbocycles. The number of hydrogen-bond acceptors (Lipinski definition) is 3. The highest BCUT2D eigenvalue weighted by atomic mass is 35.5. The zero-order valence-corrected chi connectivity index (χ0v) is 8.04. The predicted molar refractivity (Wildman–Crippen MR) is 48.5 cm³/mol. The number of aromatic nitrogens is 3. The van der Waals surface area contributed by atoms with E-state index in [-0.39, 0.29) is 0 Å². The molecule has 4 nitrogen and oxygen atoms in total. The molecule has 2 aromatic heterocycles. The molecule has 0 amide bonds. The lowest BCUT2D eigenvalue weighted by Gasteiger charge is -1.94. The van der Waals surface area contributed by atoms with E-state index in [0.717, 1.165) is 17.0 Å². The number of hydrogen-bond donors (Lipinski definition) is 0. The fraction of sp³-hybridized carbons (Fsp3) is 0.250. The number of nitrogens with zero attached hydrogens (tertiary/aromatic N) is 3. The van der Waals surface area contributed by atoms with Crippen molar-refractivity contribution in [1.82, 2.24) is 14.9 Å². The molecular formula is C8H8ClN3O. The Kier molecular flexibility index (Phi) is 1.84. The van der Waals surface area contributed by atoms with E-state index < -0.39 is 0 Å². The molecule has 2 heterocycles. The van der Waals surface area contributed by atoms with E-state index in [1.807, 2.05) is 14.0 Å². The van der Waals surface area contributed by atoms with Gasteiger partial charge in [-0.1, -0.05) is 5.16 Å². The van der Waals surface area contributed by atoms with Gasteiger partial charge in [0.25, 0.3) is 0 Å². The normalized spacial score (nSPS) is 10.7. The first-order valence-electron chi connectivity index (χ1n) is 3.79. The van der Waals surface area contributed by atoms with Crippen LogP contribution in [0.5, 0.6) is 0 Å². The van der Waals surface area contributed by atoms with Crippen LogP contribution >= 0.6 is 11.6 Å². The zero-order chi connectivity index (χ0) is 9.42. The van der Waals surface area contributed by atoms with E-state index in [1.54, 1.807) is 16.9 Å². The van der Waals surface area contributed by atoms with Gasteiger partial charge in [-0.2, -0.15) is 5.10 Å². The third kappa shape index (κ3) is 1.33. The topological polar surface area (TPSA) is 43.9 Å². The molecule has 2 rings (SSSR count). The van der Waals surface area contributed by atoms with Crippen LogP contribution in [0.2, 0.25) is 5.22 Å². The highest BCUT2D eigenvalue weighted by molar-refractivity contribution is 6.29. The van der Waals surface area contributed by atoms with Crippen molar-refractivity contribution in [2.75, 3.05) is 0 Å². The summed E-state index contributed by atoms with van der Waals surface area (Å²) in [5.41, 5.74) is 2.69. The molecule has 0 N–H and O–H groups in total. The van der Waals surface area contributed by atoms with E-state index in [0.29, 0.717) is 5.22 Å². The molecule has 0 aliphatic rings. The maximum atomic E-state index is 5.61. The van der Waals surface area contributed by atoms with Crippen molar-refractivity contribution < 1.29 is 4.52 Å². The lowest BCUT2D eigenvalue weighted by Crippen LogP contribution is -1.92. The van der Waals surface area contributed by atoms with Crippen molar-refractivity contribution in [2.45, 2.75) is 6.92 Å². The highest BCUT2D eigenvalue weighted by Gasteiger charge is 2.10. The molecule has 0 fully saturated rings. The van der Waals surface area contributed by atoms with Gasteiger partial charge >= 0.3 is 0 Å². The Morgan fingerprint density at radius 1 is 1.54 bits per heavy atom. The molecule has 2 aromatic rings. The second kappa shape index (κ2) is 2.88. The SMILES string of the molecule is Cc1c(-c2cc(Cl)on2)cnn1C. The van der Waals surface area contributed by atoms with Gasteiger partial charge < -0.3 is 4.52 Å². The first-order chi connectivity index (χ1) is 6.18. The second-order valence-corrected chi connectivity index (χ2v) is 3.16. The summed E-state index contributed by atoms with van der Waals surface area (Å²) in [6.45, 7) is 1.96. The van der Waals surface area contributed by atoms with Gasteiger partial charge in [-0.25, -0.2) is 0 Å². The second-order valence-electron chi connectivity index (χ2n) is 2.78. The highest BCUT2D eigenvalue weighted by Crippen LogP contribution is 2.23. The Hall–Kier alpha value is -1.29. The van der Waals surface area contributed by atoms with Crippen LogP contribution in [0.15, 0.2) is 16.8 Å². The predicted octanol–water partition coefficient (Wildman–Crippen LogP) is 2.04. The Labute approximate surface area is 80.1 Å². The van der Waals surface area contributed by atoms with Crippen molar-refractivity contribution >= 4 is 11.6 Å². The summed E-state index contributed by atoms with van der Waals surface area (Å²) in [5, 5.41) is 8.18. The summed E-state index contributed by atoms with van der Waals surface area (Å²) >= 11 is 5.61. The number of rotatable bonds is 1. The van der Waals surface area contributed by atoms with Crippen molar-refractivity contribution in [2.24, 2.45) is 7.05 Å². The molecule has 0 saturated heterocycles. The number of halogens is 1. The zero-order valence-electron chi connectivity index (χ0n) is 7.28. The third-order valence-electron chi connectivity index (χ3n) is 1.99. The molecule has 13 heavy (non-hydrogen) atoms. The Bertz CT molecular complexity index is 432. The summed E-state index contributed by atoms with van der Waals surface area (Å²) in [6.07, 6.45) is 1.74. The minimum atomic E-state index is 0.290. The Morgan fingerprint density at radius 2 is 2.31 bits per heavy atom. The average molecular weight is 198 g/mol. The minimum Gasteiger partial charge on any atom is -0.344 e. The largest absolute Gasteiger partial charge is 0.344 e. The van der Waals surface area contributed by atoms with Crippen molar-refractivity contribution in [1.29, 1.82) is 0 Å². The van der Waals surface area contributed by atoms with Gasteiger partial charge in [-0.3, -0.25) is 4.68 Å². The average Bonchev–Trinajstić information content (AvgIpc) is 2.62. The smallest absolute Gasteiger partial charge is 0.226 e. The lowest BCUT2D eigenvalue weighted by atomic mass is 10.2. The van der Waals surface area contributed by atoms with Crippen LogP contribution < -0.4 is 0 Å². The summed E-state index contributed by atoms with van der Waals surface area (Å²) in [7, 11) is 1.88. The molecule has 0 radical (unpaired) electrons. The van der Waals surface area contributed by atoms with Gasteiger partial charge in [-0.05, 0) is 18.5 Å². The molecule has 0 unspecified atom stereocenters. The maximum absolute atomic E-state index is 5.61. The van der Waals surface area contributed by atoms with E-state index in [4.69, 9.17) is 16.1 Å². The van der Waals surface area contributed by atoms with Crippen molar-refractivity contribution in [3.63, 3.8) is 0 Å². The van der Waals surface area contributed by atoms with Crippen LogP contribution in [-0.2, 0) is 7.05 Å². The lowest BCUT2D eigenvalue weighted by molar-refractivity contribution is 0.424. The van der Waals surface area contributed by atoms with E-state index >= 15 is 0 Å². The fourth-order valence-corrected chi connectivity index (χ4v) is 1.27. The number of aryl methyl sites for hydroxylation is 1. The van der Waals surface area contributed by atoms with Crippen LogP contribution in [0.25, 0.3) is 11.3 Å². The first kappa shape index (κ1) is 8.31. The molecule has 0 bridgehead atoms. The summed E-state index contributed by atoms with van der Waals surface area (Å²) in [6, 6.07) is 1.67. The molecule has 5 heteroatoms. The molecule has 0 aromatic carbocycles. The van der Waals surface area contributed by atoms with Crippen LogP contribution in [0.4, 0.5) is 0 Å². The van der Waals surface area contributed by atoms with Gasteiger partial charge in [0.05, 0.1) is 6.20 Å². The van der Waals surface area contributed by atoms with E-state index in [2.05, 4.69) is 10.3 Å². The Morgan fingerprint density at radius 3 is 2.77 bits per heavy atom. The monoisotopic (exact) mass is 197 g/mol. The van der Waals surface area contributed by atoms with Crippen molar-refractivity contribution in [3.8, 4) is 11.3 Å². The molecule has 0 saturated carbocycles. The molecule has 68 valence electrons. The van der Waals surface area contributed by atoms with Crippen molar-refractivity contribution in [3.05, 3.63) is 23.2 Å². The van der Waals surface area contributed by atoms with Gasteiger partial charge in [0.1, 0.15) is 5.69 Å². The van der Waals surface area contributed by atoms with E-state index in [1.165, 1.54) is 0 Å². The Balaban J connectivity index is 2.52. The standard InChI is InChI=1S/C8H8ClN3O/c1-5-6(4-10-12(5)2)7-3-8(9)13-11-7/h3-4H,1-2H3. The maximum Gasteiger partial charge on any atom is 0.226 e. The molecule has 0 aliphatic heterocycles. The molecule has 0 spiro atoms. The minimum absolute atomic E-state index is 0.290.